The number of likely N-dealkylation sites (N-methyl/N-ethyl adjacent to an activating group) is 1. The Morgan fingerprint density at radius 1 is 1.24 bits per heavy atom. The summed E-state index contributed by atoms with van der Waals surface area (Å²) >= 11 is 3.48. The minimum absolute atomic E-state index is 0.325. The van der Waals surface area contributed by atoms with Crippen molar-refractivity contribution < 1.29 is 4.52 Å². The molecule has 2 atom stereocenters. The number of hydrogen-bond donors (Lipinski definition) is 1. The van der Waals surface area contributed by atoms with Gasteiger partial charge in [0.05, 0.1) is 5.92 Å². The molecule has 2 unspecified atom stereocenters. The highest BCUT2D eigenvalue weighted by Gasteiger charge is 2.28. The number of hydrogen-bond acceptors (Lipinski definition) is 4. The van der Waals surface area contributed by atoms with Gasteiger partial charge in [-0.1, -0.05) is 52.5 Å². The lowest BCUT2D eigenvalue weighted by molar-refractivity contribution is 0.311. The summed E-state index contributed by atoms with van der Waals surface area (Å²) in [6.45, 7) is 0. The molecule has 1 aromatic heterocycles. The van der Waals surface area contributed by atoms with E-state index in [9.17, 15) is 0 Å². The zero-order chi connectivity index (χ0) is 14.7. The van der Waals surface area contributed by atoms with Crippen LogP contribution in [0, 0.1) is 0 Å². The van der Waals surface area contributed by atoms with Crippen LogP contribution in [0.25, 0.3) is 11.4 Å². The normalized spacial score (nSPS) is 23.0. The van der Waals surface area contributed by atoms with Gasteiger partial charge in [-0.2, -0.15) is 4.98 Å². The highest BCUT2D eigenvalue weighted by atomic mass is 79.9. The lowest BCUT2D eigenvalue weighted by Crippen LogP contribution is -2.31. The summed E-state index contributed by atoms with van der Waals surface area (Å²) in [7, 11) is 2.02. The second-order valence-electron chi connectivity index (χ2n) is 5.61. The lowest BCUT2D eigenvalue weighted by atomic mass is 9.95. The Labute approximate surface area is 133 Å². The van der Waals surface area contributed by atoms with E-state index >= 15 is 0 Å². The molecule has 0 amide bonds. The van der Waals surface area contributed by atoms with Gasteiger partial charge in [-0.3, -0.25) is 0 Å². The number of nitrogens with zero attached hydrogens (tertiary/aromatic N) is 2. The van der Waals surface area contributed by atoms with Crippen LogP contribution in [0.3, 0.4) is 0 Å². The first-order valence-corrected chi connectivity index (χ1v) is 8.34. The van der Waals surface area contributed by atoms with Gasteiger partial charge in [0.15, 0.2) is 0 Å². The van der Waals surface area contributed by atoms with Gasteiger partial charge < -0.3 is 9.84 Å². The minimum atomic E-state index is 0.325. The molecule has 21 heavy (non-hydrogen) atoms. The summed E-state index contributed by atoms with van der Waals surface area (Å²) in [5.41, 5.74) is 0.981. The van der Waals surface area contributed by atoms with Crippen LogP contribution in [0.2, 0.25) is 0 Å². The molecule has 2 aromatic rings. The van der Waals surface area contributed by atoms with E-state index in [1.807, 2.05) is 31.3 Å². The van der Waals surface area contributed by atoms with Crippen molar-refractivity contribution in [1.82, 2.24) is 15.5 Å². The molecule has 0 aliphatic heterocycles. The summed E-state index contributed by atoms with van der Waals surface area (Å²) in [5.74, 6) is 1.77. The Balaban J connectivity index is 1.86. The molecule has 0 bridgehead atoms. The molecule has 112 valence electrons. The molecular weight excluding hydrogens is 330 g/mol. The first kappa shape index (κ1) is 14.7. The van der Waals surface area contributed by atoms with Crippen LogP contribution in [-0.2, 0) is 0 Å². The van der Waals surface area contributed by atoms with Gasteiger partial charge in [-0.15, -0.1) is 0 Å². The molecule has 1 aromatic carbocycles. The van der Waals surface area contributed by atoms with Crippen molar-refractivity contribution in [2.24, 2.45) is 0 Å². The standard InChI is InChI=1S/C16H20BrN3O/c1-18-14-9-4-2-3-8-13(14)16-19-15(20-21-16)11-6-5-7-12(17)10-11/h5-7,10,13-14,18H,2-4,8-9H2,1H3. The van der Waals surface area contributed by atoms with Crippen molar-refractivity contribution in [1.29, 1.82) is 0 Å². The average molecular weight is 350 g/mol. The SMILES string of the molecule is CNC1CCCCCC1c1nc(-c2cccc(Br)c2)no1. The molecule has 1 saturated carbocycles. The summed E-state index contributed by atoms with van der Waals surface area (Å²) in [6.07, 6.45) is 6.09. The first-order valence-electron chi connectivity index (χ1n) is 7.55. The molecule has 0 radical (unpaired) electrons. The molecule has 0 saturated heterocycles. The van der Waals surface area contributed by atoms with Crippen molar-refractivity contribution >= 4 is 15.9 Å². The van der Waals surface area contributed by atoms with E-state index < -0.39 is 0 Å². The molecule has 1 aliphatic rings. The zero-order valence-electron chi connectivity index (χ0n) is 12.2. The van der Waals surface area contributed by atoms with Gasteiger partial charge in [-0.25, -0.2) is 0 Å². The van der Waals surface area contributed by atoms with Gasteiger partial charge in [0.2, 0.25) is 11.7 Å². The zero-order valence-corrected chi connectivity index (χ0v) is 13.8. The van der Waals surface area contributed by atoms with Gasteiger partial charge >= 0.3 is 0 Å². The lowest BCUT2D eigenvalue weighted by Gasteiger charge is -2.20. The average Bonchev–Trinajstić information content (AvgIpc) is 2.86. The second-order valence-corrected chi connectivity index (χ2v) is 6.52. The van der Waals surface area contributed by atoms with E-state index in [-0.39, 0.29) is 0 Å². The number of nitrogens with one attached hydrogen (secondary N) is 1. The van der Waals surface area contributed by atoms with Crippen molar-refractivity contribution in [2.75, 3.05) is 7.05 Å². The number of halogens is 1. The van der Waals surface area contributed by atoms with Crippen LogP contribution < -0.4 is 5.32 Å². The summed E-state index contributed by atoms with van der Waals surface area (Å²) in [5, 5.41) is 7.58. The largest absolute Gasteiger partial charge is 0.339 e. The fraction of sp³-hybridized carbons (Fsp3) is 0.500. The quantitative estimate of drug-likeness (QED) is 0.846. The molecule has 1 heterocycles. The monoisotopic (exact) mass is 349 g/mol. The highest BCUT2D eigenvalue weighted by molar-refractivity contribution is 9.10. The first-order chi connectivity index (χ1) is 10.3. The third-order valence-corrected chi connectivity index (χ3v) is 4.72. The third-order valence-electron chi connectivity index (χ3n) is 4.23. The fourth-order valence-corrected chi connectivity index (χ4v) is 3.48. The Hall–Kier alpha value is -1.20. The molecular formula is C16H20BrN3O. The van der Waals surface area contributed by atoms with E-state index in [4.69, 9.17) is 4.52 Å². The maximum atomic E-state index is 5.57. The van der Waals surface area contributed by atoms with E-state index in [0.29, 0.717) is 17.8 Å². The molecule has 3 rings (SSSR count). The van der Waals surface area contributed by atoms with Crippen LogP contribution >= 0.6 is 15.9 Å². The van der Waals surface area contributed by atoms with Crippen LogP contribution in [0.5, 0.6) is 0 Å². The number of benzene rings is 1. The topological polar surface area (TPSA) is 51.0 Å². The van der Waals surface area contributed by atoms with Crippen LogP contribution in [0.1, 0.15) is 43.9 Å². The molecule has 4 nitrogen and oxygen atoms in total. The smallest absolute Gasteiger partial charge is 0.231 e. The summed E-state index contributed by atoms with van der Waals surface area (Å²) in [6, 6.07) is 8.42. The predicted octanol–water partition coefficient (Wildman–Crippen LogP) is 4.13. The van der Waals surface area contributed by atoms with E-state index in [1.165, 1.54) is 25.7 Å². The maximum absolute atomic E-state index is 5.57. The molecule has 1 fully saturated rings. The van der Waals surface area contributed by atoms with Gasteiger partial charge in [0, 0.05) is 16.1 Å². The van der Waals surface area contributed by atoms with Crippen molar-refractivity contribution in [2.45, 2.75) is 44.1 Å². The second kappa shape index (κ2) is 6.71. The van der Waals surface area contributed by atoms with Crippen LogP contribution in [-0.4, -0.2) is 23.2 Å². The minimum Gasteiger partial charge on any atom is -0.339 e. The number of aromatic nitrogens is 2. The summed E-state index contributed by atoms with van der Waals surface area (Å²) in [4.78, 5) is 4.65. The van der Waals surface area contributed by atoms with E-state index in [0.717, 1.165) is 22.3 Å². The molecule has 1 aliphatic carbocycles. The molecule has 5 heteroatoms. The van der Waals surface area contributed by atoms with Crippen molar-refractivity contribution in [3.63, 3.8) is 0 Å². The van der Waals surface area contributed by atoms with Crippen LogP contribution in [0.15, 0.2) is 33.3 Å². The maximum Gasteiger partial charge on any atom is 0.231 e. The van der Waals surface area contributed by atoms with Gasteiger partial charge in [0.1, 0.15) is 0 Å². The fourth-order valence-electron chi connectivity index (χ4n) is 3.08. The van der Waals surface area contributed by atoms with E-state index in [1.54, 1.807) is 0 Å². The highest BCUT2D eigenvalue weighted by Crippen LogP contribution is 2.32. The van der Waals surface area contributed by atoms with Gasteiger partial charge in [-0.05, 0) is 32.0 Å². The van der Waals surface area contributed by atoms with Gasteiger partial charge in [0.25, 0.3) is 0 Å². The van der Waals surface area contributed by atoms with E-state index in [2.05, 4.69) is 31.4 Å². The van der Waals surface area contributed by atoms with Crippen molar-refractivity contribution in [3.8, 4) is 11.4 Å². The Kier molecular flexibility index (Phi) is 4.70. The van der Waals surface area contributed by atoms with Crippen molar-refractivity contribution in [3.05, 3.63) is 34.6 Å². The van der Waals surface area contributed by atoms with Crippen LogP contribution in [0.4, 0.5) is 0 Å². The third kappa shape index (κ3) is 3.35. The Bertz CT molecular complexity index is 599. The Morgan fingerprint density at radius 3 is 2.90 bits per heavy atom. The summed E-state index contributed by atoms with van der Waals surface area (Å²) < 4.78 is 6.59. The predicted molar refractivity (Wildman–Crippen MR) is 86.1 cm³/mol. The number of rotatable bonds is 3. The molecule has 1 N–H and O–H groups in total. The Morgan fingerprint density at radius 2 is 2.10 bits per heavy atom. The molecule has 0 spiro atoms.